The highest BCUT2D eigenvalue weighted by atomic mass is 32.2. The number of carbonyl (C=O) groups excluding carboxylic acids is 9. The number of nitrogens with two attached hydrogens (primary N) is 4. The molecule has 22 nitrogen and oxygen atoms in total. The first kappa shape index (κ1) is 53.1. The zero-order valence-corrected chi connectivity index (χ0v) is 36.8. The molecule has 62 heavy (non-hydrogen) atoms. The third-order valence-electron chi connectivity index (χ3n) is 9.48. The Morgan fingerprint density at radius 3 is 1.85 bits per heavy atom. The van der Waals surface area contributed by atoms with Gasteiger partial charge in [0, 0.05) is 23.0 Å². The van der Waals surface area contributed by atoms with Gasteiger partial charge < -0.3 is 70.4 Å². The fraction of sp³-hybridized carbons (Fsp3) is 0.605. The minimum absolute atomic E-state index is 0.0593. The quantitative estimate of drug-likeness (QED) is 0.0826. The maximum absolute atomic E-state index is 13.9. The van der Waals surface area contributed by atoms with Gasteiger partial charge in [0.1, 0.15) is 42.3 Å². The molecule has 10 atom stereocenters. The molecule has 1 aliphatic heterocycles. The minimum atomic E-state index is -1.77. The van der Waals surface area contributed by atoms with Crippen molar-refractivity contribution in [2.75, 3.05) is 18.1 Å². The molecule has 0 aliphatic carbocycles. The Morgan fingerprint density at radius 1 is 0.774 bits per heavy atom. The van der Waals surface area contributed by atoms with Gasteiger partial charge in [-0.2, -0.15) is 23.5 Å². The molecule has 0 spiro atoms. The summed E-state index contributed by atoms with van der Waals surface area (Å²) in [6, 6.07) is -4.12. The van der Waals surface area contributed by atoms with Crippen molar-refractivity contribution in [2.45, 2.75) is 125 Å². The van der Waals surface area contributed by atoms with Gasteiger partial charge >= 0.3 is 0 Å². The maximum atomic E-state index is 13.9. The zero-order valence-electron chi connectivity index (χ0n) is 35.1. The van der Waals surface area contributed by atoms with Crippen LogP contribution in [0.2, 0.25) is 0 Å². The molecule has 2 rings (SSSR count). The van der Waals surface area contributed by atoms with Gasteiger partial charge in [0.25, 0.3) is 0 Å². The predicted octanol–water partition coefficient (Wildman–Crippen LogP) is -4.82. The number of benzene rings is 1. The molecule has 1 aromatic carbocycles. The van der Waals surface area contributed by atoms with Crippen LogP contribution in [-0.2, 0) is 54.7 Å². The van der Waals surface area contributed by atoms with Crippen molar-refractivity contribution in [3.63, 3.8) is 0 Å². The number of hydrogen-bond acceptors (Lipinski definition) is 15. The molecule has 0 aromatic heterocycles. The van der Waals surface area contributed by atoms with Crippen molar-refractivity contribution in [1.82, 2.24) is 37.2 Å². The van der Waals surface area contributed by atoms with E-state index in [9.17, 15) is 53.4 Å². The highest BCUT2D eigenvalue weighted by molar-refractivity contribution is 7.98. The van der Waals surface area contributed by atoms with Gasteiger partial charge in [-0.1, -0.05) is 30.7 Å². The normalized spacial score (nSPS) is 24.7. The Labute approximate surface area is 368 Å². The fourth-order valence-electron chi connectivity index (χ4n) is 5.74. The van der Waals surface area contributed by atoms with Gasteiger partial charge in [0.2, 0.25) is 53.2 Å². The van der Waals surface area contributed by atoms with Crippen LogP contribution in [0.4, 0.5) is 0 Å². The van der Waals surface area contributed by atoms with E-state index in [0.29, 0.717) is 30.9 Å². The second-order valence-electron chi connectivity index (χ2n) is 14.9. The van der Waals surface area contributed by atoms with Crippen molar-refractivity contribution in [3.05, 3.63) is 35.4 Å². The standard InChI is InChI=1S/C38H61N11O11S2/c1-18(31(42)53)43-35(57)26-16-61-14-22-9-5-6-10-23(22)15-62-17-27(46-33(55)24(40)11-7-8-12-39)36(58)45-25(13-28(41)52)34(56)49-29(20(3)50)37(59)44-19(2)32(54)48-30(21(4)51)38(60)47-26/h5-6,9-10,18-21,24-27,29-30,50-51H,7-8,11-17,39-40H2,1-4H3,(H2,41,52)(H2,42,53)(H,43,57)(H,44,59)(H,45,58)(H,46,55)(H,47,60)(H,48,54)(H,49,56)/t18-,19-,20+,21+,24-,25-,26-,27-,29-,30-/m0/s1. The Hall–Kier alpha value is -5.01. The van der Waals surface area contributed by atoms with Crippen LogP contribution in [0.1, 0.15) is 64.5 Å². The lowest BCUT2D eigenvalue weighted by atomic mass is 10.1. The lowest BCUT2D eigenvalue weighted by molar-refractivity contribution is -0.137. The van der Waals surface area contributed by atoms with Gasteiger partial charge in [-0.15, -0.1) is 0 Å². The first-order chi connectivity index (χ1) is 29.2. The summed E-state index contributed by atoms with van der Waals surface area (Å²) in [6.07, 6.45) is -2.47. The molecule has 1 aliphatic rings. The van der Waals surface area contributed by atoms with E-state index in [1.165, 1.54) is 44.3 Å². The maximum Gasteiger partial charge on any atom is 0.245 e. The van der Waals surface area contributed by atoms with Crippen molar-refractivity contribution in [2.24, 2.45) is 22.9 Å². The molecule has 0 saturated carbocycles. The third-order valence-corrected chi connectivity index (χ3v) is 11.6. The van der Waals surface area contributed by atoms with E-state index in [1.54, 1.807) is 12.1 Å². The van der Waals surface area contributed by atoms with E-state index < -0.39 is 120 Å². The summed E-state index contributed by atoms with van der Waals surface area (Å²) in [7, 11) is 0. The van der Waals surface area contributed by atoms with Crippen LogP contribution in [0.15, 0.2) is 24.3 Å². The van der Waals surface area contributed by atoms with Gasteiger partial charge in [-0.3, -0.25) is 43.2 Å². The summed E-state index contributed by atoms with van der Waals surface area (Å²) >= 11 is 2.47. The zero-order chi connectivity index (χ0) is 46.7. The average molecular weight is 912 g/mol. The van der Waals surface area contributed by atoms with E-state index in [-0.39, 0.29) is 17.9 Å². The van der Waals surface area contributed by atoms with E-state index in [2.05, 4.69) is 37.2 Å². The highest BCUT2D eigenvalue weighted by Crippen LogP contribution is 2.23. The first-order valence-corrected chi connectivity index (χ1v) is 22.2. The third kappa shape index (κ3) is 17.8. The molecular weight excluding hydrogens is 851 g/mol. The lowest BCUT2D eigenvalue weighted by Crippen LogP contribution is -2.62. The largest absolute Gasteiger partial charge is 0.391 e. The summed E-state index contributed by atoms with van der Waals surface area (Å²) in [5.74, 6) is -7.94. The van der Waals surface area contributed by atoms with Crippen LogP contribution in [0.25, 0.3) is 0 Å². The molecule has 24 heteroatoms. The number of rotatable bonds is 13. The summed E-state index contributed by atoms with van der Waals surface area (Å²) in [5.41, 5.74) is 24.0. The molecule has 0 radical (unpaired) electrons. The SMILES string of the molecule is C[C@H](NC(=O)[C@@H]1CSCc2ccccc2CSC[C@H](NC(=O)[C@@H](N)CCCCN)C(=O)N[C@@H](CC(N)=O)C(=O)N[C@@H]([C@@H](C)O)C(=O)N[C@@H](C)C(=O)N[C@@H]([C@@H](C)O)C(=O)N1)C(N)=O. The Kier molecular flexibility index (Phi) is 22.7. The van der Waals surface area contributed by atoms with Crippen LogP contribution < -0.4 is 60.2 Å². The number of hydrogen-bond donors (Lipinski definition) is 13. The molecule has 0 unspecified atom stereocenters. The smallest absolute Gasteiger partial charge is 0.245 e. The molecule has 0 fully saturated rings. The monoisotopic (exact) mass is 911 g/mol. The molecule has 0 saturated heterocycles. The number of primary amides is 2. The van der Waals surface area contributed by atoms with Crippen LogP contribution in [0.3, 0.4) is 0 Å². The molecule has 17 N–H and O–H groups in total. The Bertz CT molecular complexity index is 1760. The van der Waals surface area contributed by atoms with Crippen molar-refractivity contribution < 1.29 is 53.4 Å². The Morgan fingerprint density at radius 2 is 1.32 bits per heavy atom. The number of aliphatic hydroxyl groups is 2. The number of unbranched alkanes of at least 4 members (excludes halogenated alkanes) is 1. The molecule has 346 valence electrons. The van der Waals surface area contributed by atoms with Crippen LogP contribution in [-0.4, -0.2) is 142 Å². The van der Waals surface area contributed by atoms with Crippen molar-refractivity contribution in [3.8, 4) is 0 Å². The van der Waals surface area contributed by atoms with E-state index >= 15 is 0 Å². The second kappa shape index (κ2) is 26.5. The van der Waals surface area contributed by atoms with Crippen LogP contribution in [0.5, 0.6) is 0 Å². The predicted molar refractivity (Wildman–Crippen MR) is 231 cm³/mol. The average Bonchev–Trinajstić information content (AvgIpc) is 3.19. The molecule has 9 amide bonds. The number of carbonyl (C=O) groups is 9. The first-order valence-electron chi connectivity index (χ1n) is 19.9. The second-order valence-corrected chi connectivity index (χ2v) is 16.9. The number of fused-ring (bicyclic) bond motifs is 1. The van der Waals surface area contributed by atoms with Crippen LogP contribution >= 0.6 is 23.5 Å². The van der Waals surface area contributed by atoms with Gasteiger partial charge in [0.05, 0.1) is 24.7 Å². The molecule has 1 heterocycles. The topological polar surface area (TPSA) is 382 Å². The fourth-order valence-corrected chi connectivity index (χ4v) is 7.92. The summed E-state index contributed by atoms with van der Waals surface area (Å²) < 4.78 is 0. The number of thioether (sulfide) groups is 2. The van der Waals surface area contributed by atoms with Crippen molar-refractivity contribution >= 4 is 76.7 Å². The Balaban J connectivity index is 2.60. The van der Waals surface area contributed by atoms with E-state index in [1.807, 2.05) is 12.1 Å². The molecule has 0 bridgehead atoms. The van der Waals surface area contributed by atoms with Crippen LogP contribution in [0, 0.1) is 0 Å². The van der Waals surface area contributed by atoms with E-state index in [0.717, 1.165) is 18.1 Å². The number of amides is 9. The van der Waals surface area contributed by atoms with Gasteiger partial charge in [0.15, 0.2) is 0 Å². The summed E-state index contributed by atoms with van der Waals surface area (Å²) in [6.45, 7) is 5.29. The number of nitrogens with one attached hydrogen (secondary N) is 7. The summed E-state index contributed by atoms with van der Waals surface area (Å²) in [4.78, 5) is 118. The van der Waals surface area contributed by atoms with Gasteiger partial charge in [-0.25, -0.2) is 0 Å². The number of aliphatic hydroxyl groups excluding tert-OH is 2. The summed E-state index contributed by atoms with van der Waals surface area (Å²) in [5, 5.41) is 37.9. The lowest BCUT2D eigenvalue weighted by Gasteiger charge is -2.28. The minimum Gasteiger partial charge on any atom is -0.391 e. The molecule has 1 aromatic rings. The van der Waals surface area contributed by atoms with Gasteiger partial charge in [-0.05, 0) is 58.2 Å². The molecular formula is C38H61N11O11S2. The van der Waals surface area contributed by atoms with Crippen molar-refractivity contribution in [1.29, 1.82) is 0 Å². The highest BCUT2D eigenvalue weighted by Gasteiger charge is 2.36. The van der Waals surface area contributed by atoms with E-state index in [4.69, 9.17) is 22.9 Å².